The molecule has 194 valence electrons. The van der Waals surface area contributed by atoms with E-state index in [1.165, 1.54) is 16.8 Å². The number of halogens is 3. The van der Waals surface area contributed by atoms with Crippen molar-refractivity contribution in [3.63, 3.8) is 0 Å². The number of alkyl halides is 3. The van der Waals surface area contributed by atoms with E-state index in [1.54, 1.807) is 18.6 Å². The van der Waals surface area contributed by atoms with E-state index in [2.05, 4.69) is 22.0 Å². The van der Waals surface area contributed by atoms with Gasteiger partial charge in [0.2, 0.25) is 0 Å². The summed E-state index contributed by atoms with van der Waals surface area (Å²) in [5.41, 5.74) is 0.195. The third-order valence-electron chi connectivity index (χ3n) is 7.94. The van der Waals surface area contributed by atoms with E-state index >= 15 is 0 Å². The van der Waals surface area contributed by atoms with Gasteiger partial charge < -0.3 is 4.57 Å². The van der Waals surface area contributed by atoms with E-state index in [-0.39, 0.29) is 10.9 Å². The van der Waals surface area contributed by atoms with Gasteiger partial charge in [-0.1, -0.05) is 19.1 Å². The second-order valence-electron chi connectivity index (χ2n) is 10.7. The predicted molar refractivity (Wildman–Crippen MR) is 133 cm³/mol. The van der Waals surface area contributed by atoms with Crippen molar-refractivity contribution in [2.45, 2.75) is 50.7 Å². The standard InChI is InChI=1S/C27H29F3N6O/c1-18-12-26(13-18,24-32-31-17-33(24)2)20-6-5-7-21(11-20)35-16-23-22(27(28,29)30)10-19(15-36(23)25(35)37)14-34-8-3-4-9-34/h5-7,10-11,15-18H,3-4,8-9,12-14H2,1-2H3. The molecule has 7 nitrogen and oxygen atoms in total. The summed E-state index contributed by atoms with van der Waals surface area (Å²) in [4.78, 5) is 15.6. The minimum Gasteiger partial charge on any atom is -0.320 e. The summed E-state index contributed by atoms with van der Waals surface area (Å²) < 4.78 is 46.7. The Morgan fingerprint density at radius 1 is 1.11 bits per heavy atom. The van der Waals surface area contributed by atoms with Crippen molar-refractivity contribution in [3.05, 3.63) is 82.1 Å². The van der Waals surface area contributed by atoms with Crippen molar-refractivity contribution >= 4 is 5.52 Å². The molecule has 0 N–H and O–H groups in total. The summed E-state index contributed by atoms with van der Waals surface area (Å²) in [6.07, 6.45) is 3.80. The van der Waals surface area contributed by atoms with Gasteiger partial charge >= 0.3 is 11.9 Å². The van der Waals surface area contributed by atoms with Gasteiger partial charge in [0.1, 0.15) is 12.2 Å². The van der Waals surface area contributed by atoms with Crippen LogP contribution in [-0.2, 0) is 25.2 Å². The number of hydrogen-bond acceptors (Lipinski definition) is 4. The molecular formula is C27H29F3N6O. The van der Waals surface area contributed by atoms with Crippen LogP contribution in [0.2, 0.25) is 0 Å². The first-order valence-electron chi connectivity index (χ1n) is 12.7. The SMILES string of the molecule is CC1CC(c2cccc(-n3cc4c(C(F)(F)F)cc(CN5CCCC5)cn4c3=O)c2)(c2nncn2C)C1. The average Bonchev–Trinajstić information content (AvgIpc) is 3.58. The second kappa shape index (κ2) is 8.58. The Hall–Kier alpha value is -3.40. The molecule has 4 heterocycles. The van der Waals surface area contributed by atoms with Crippen LogP contribution in [0.3, 0.4) is 0 Å². The summed E-state index contributed by atoms with van der Waals surface area (Å²) in [6, 6.07) is 8.70. The topological polar surface area (TPSA) is 60.4 Å². The number of likely N-dealkylation sites (tertiary alicyclic amines) is 1. The van der Waals surface area contributed by atoms with Crippen LogP contribution in [0.4, 0.5) is 13.2 Å². The summed E-state index contributed by atoms with van der Waals surface area (Å²) >= 11 is 0. The summed E-state index contributed by atoms with van der Waals surface area (Å²) in [5.74, 6) is 1.35. The zero-order valence-corrected chi connectivity index (χ0v) is 20.9. The molecule has 0 amide bonds. The normalized spacial score (nSPS) is 22.6. The lowest BCUT2D eigenvalue weighted by molar-refractivity contribution is -0.136. The molecule has 1 aliphatic heterocycles. The molecule has 3 aromatic heterocycles. The highest BCUT2D eigenvalue weighted by Gasteiger charge is 2.48. The Morgan fingerprint density at radius 3 is 2.51 bits per heavy atom. The van der Waals surface area contributed by atoms with Crippen molar-refractivity contribution in [1.29, 1.82) is 0 Å². The van der Waals surface area contributed by atoms with Crippen LogP contribution in [0.1, 0.15) is 55.1 Å². The number of fused-ring (bicyclic) bond motifs is 1. The van der Waals surface area contributed by atoms with Crippen molar-refractivity contribution < 1.29 is 13.2 Å². The van der Waals surface area contributed by atoms with E-state index in [0.717, 1.165) is 54.6 Å². The molecule has 6 rings (SSSR count). The molecule has 10 heteroatoms. The third-order valence-corrected chi connectivity index (χ3v) is 7.94. The molecule has 4 aromatic rings. The fraction of sp³-hybridized carbons (Fsp3) is 0.444. The quantitative estimate of drug-likeness (QED) is 0.395. The minimum atomic E-state index is -4.58. The number of rotatable bonds is 5. The molecule has 1 saturated carbocycles. The Bertz CT molecular complexity index is 1520. The van der Waals surface area contributed by atoms with Crippen LogP contribution in [-0.4, -0.2) is 41.7 Å². The van der Waals surface area contributed by atoms with E-state index in [9.17, 15) is 18.0 Å². The van der Waals surface area contributed by atoms with Gasteiger partial charge in [0.15, 0.2) is 0 Å². The number of hydrogen-bond donors (Lipinski definition) is 0. The molecule has 1 saturated heterocycles. The van der Waals surface area contributed by atoms with Crippen molar-refractivity contribution in [3.8, 4) is 5.69 Å². The largest absolute Gasteiger partial charge is 0.418 e. The molecule has 0 spiro atoms. The van der Waals surface area contributed by atoms with Gasteiger partial charge in [-0.2, -0.15) is 13.2 Å². The summed E-state index contributed by atoms with van der Waals surface area (Å²) in [7, 11) is 1.91. The Morgan fingerprint density at radius 2 is 1.86 bits per heavy atom. The first-order valence-corrected chi connectivity index (χ1v) is 12.7. The summed E-state index contributed by atoms with van der Waals surface area (Å²) in [6.45, 7) is 4.29. The van der Waals surface area contributed by atoms with Crippen LogP contribution in [0.5, 0.6) is 0 Å². The monoisotopic (exact) mass is 510 g/mol. The van der Waals surface area contributed by atoms with E-state index < -0.39 is 17.4 Å². The average molecular weight is 511 g/mol. The lowest BCUT2D eigenvalue weighted by atomic mass is 9.58. The molecule has 0 bridgehead atoms. The maximum absolute atomic E-state index is 14.1. The molecule has 1 aliphatic carbocycles. The van der Waals surface area contributed by atoms with Gasteiger partial charge in [-0.25, -0.2) is 4.79 Å². The van der Waals surface area contributed by atoms with Crippen molar-refractivity contribution in [2.75, 3.05) is 13.1 Å². The zero-order valence-electron chi connectivity index (χ0n) is 20.9. The highest BCUT2D eigenvalue weighted by molar-refractivity contribution is 5.58. The Balaban J connectivity index is 1.47. The summed E-state index contributed by atoms with van der Waals surface area (Å²) in [5, 5.41) is 8.44. The second-order valence-corrected chi connectivity index (χ2v) is 10.7. The van der Waals surface area contributed by atoms with E-state index in [4.69, 9.17) is 0 Å². The molecular weight excluding hydrogens is 481 g/mol. The lowest BCUT2D eigenvalue weighted by Crippen LogP contribution is -2.43. The predicted octanol–water partition coefficient (Wildman–Crippen LogP) is 4.55. The molecule has 37 heavy (non-hydrogen) atoms. The number of pyridine rings is 1. The van der Waals surface area contributed by atoms with E-state index in [0.29, 0.717) is 23.7 Å². The zero-order chi connectivity index (χ0) is 25.9. The highest BCUT2D eigenvalue weighted by atomic mass is 19.4. The fourth-order valence-electron chi connectivity index (χ4n) is 6.29. The molecule has 0 atom stereocenters. The number of aryl methyl sites for hydroxylation is 1. The highest BCUT2D eigenvalue weighted by Crippen LogP contribution is 2.51. The fourth-order valence-corrected chi connectivity index (χ4v) is 6.29. The van der Waals surface area contributed by atoms with Crippen LogP contribution in [0.15, 0.2) is 53.8 Å². The van der Waals surface area contributed by atoms with Crippen LogP contribution in [0.25, 0.3) is 11.2 Å². The third kappa shape index (κ3) is 3.98. The van der Waals surface area contributed by atoms with Crippen LogP contribution < -0.4 is 5.69 Å². The van der Waals surface area contributed by atoms with Crippen LogP contribution >= 0.6 is 0 Å². The number of imidazole rings is 1. The van der Waals surface area contributed by atoms with Gasteiger partial charge in [-0.05, 0) is 74.0 Å². The maximum atomic E-state index is 14.1. The van der Waals surface area contributed by atoms with Gasteiger partial charge in [0, 0.05) is 26.0 Å². The van der Waals surface area contributed by atoms with Gasteiger partial charge in [-0.15, -0.1) is 10.2 Å². The van der Waals surface area contributed by atoms with Gasteiger partial charge in [0.25, 0.3) is 0 Å². The smallest absolute Gasteiger partial charge is 0.320 e. The molecule has 1 aromatic carbocycles. The molecule has 2 aliphatic rings. The van der Waals surface area contributed by atoms with Crippen LogP contribution in [0, 0.1) is 5.92 Å². The van der Waals surface area contributed by atoms with Crippen molar-refractivity contribution in [1.82, 2.24) is 28.6 Å². The van der Waals surface area contributed by atoms with Gasteiger partial charge in [-0.3, -0.25) is 13.9 Å². The molecule has 2 fully saturated rings. The Kier molecular flexibility index (Phi) is 5.56. The lowest BCUT2D eigenvalue weighted by Gasteiger charge is -2.46. The minimum absolute atomic E-state index is 0.145. The Labute approximate surface area is 212 Å². The number of benzene rings is 1. The van der Waals surface area contributed by atoms with E-state index in [1.807, 2.05) is 29.8 Å². The maximum Gasteiger partial charge on any atom is 0.418 e. The van der Waals surface area contributed by atoms with Gasteiger partial charge in [0.05, 0.1) is 22.2 Å². The first-order chi connectivity index (χ1) is 17.7. The number of nitrogens with zero attached hydrogens (tertiary/aromatic N) is 6. The first kappa shape index (κ1) is 24.0. The van der Waals surface area contributed by atoms with Crippen molar-refractivity contribution in [2.24, 2.45) is 13.0 Å². The molecule has 0 unspecified atom stereocenters. The molecule has 0 radical (unpaired) electrons. The number of aromatic nitrogens is 5.